The van der Waals surface area contributed by atoms with Crippen LogP contribution in [-0.4, -0.2) is 31.9 Å². The molecule has 0 bridgehead atoms. The molecule has 6 heteroatoms. The van der Waals surface area contributed by atoms with Crippen molar-refractivity contribution in [1.82, 2.24) is 19.4 Å². The predicted molar refractivity (Wildman–Crippen MR) is 104 cm³/mol. The SMILES string of the molecule is CC(C)CC(=O)N1CCc2c(ncnc2Oc2ccc3c(ccn3C)c2)C1. The van der Waals surface area contributed by atoms with Gasteiger partial charge >= 0.3 is 0 Å². The van der Waals surface area contributed by atoms with Gasteiger partial charge in [0.1, 0.15) is 12.1 Å². The third kappa shape index (κ3) is 3.52. The van der Waals surface area contributed by atoms with E-state index < -0.39 is 0 Å². The van der Waals surface area contributed by atoms with Crippen molar-refractivity contribution >= 4 is 16.8 Å². The summed E-state index contributed by atoms with van der Waals surface area (Å²) < 4.78 is 8.17. The van der Waals surface area contributed by atoms with Crippen LogP contribution >= 0.6 is 0 Å². The van der Waals surface area contributed by atoms with E-state index in [0.29, 0.717) is 37.7 Å². The summed E-state index contributed by atoms with van der Waals surface area (Å²) in [7, 11) is 2.02. The van der Waals surface area contributed by atoms with E-state index in [0.717, 1.165) is 27.9 Å². The Balaban J connectivity index is 1.56. The largest absolute Gasteiger partial charge is 0.439 e. The number of fused-ring (bicyclic) bond motifs is 2. The van der Waals surface area contributed by atoms with Gasteiger partial charge in [-0.15, -0.1) is 0 Å². The maximum Gasteiger partial charge on any atom is 0.225 e. The molecule has 4 rings (SSSR count). The van der Waals surface area contributed by atoms with Crippen LogP contribution in [0.5, 0.6) is 11.6 Å². The van der Waals surface area contributed by atoms with Crippen LogP contribution in [0.2, 0.25) is 0 Å². The fraction of sp³-hybridized carbons (Fsp3) is 0.381. The smallest absolute Gasteiger partial charge is 0.225 e. The highest BCUT2D eigenvalue weighted by Gasteiger charge is 2.25. The van der Waals surface area contributed by atoms with Crippen LogP contribution in [0.4, 0.5) is 0 Å². The van der Waals surface area contributed by atoms with Crippen molar-refractivity contribution in [3.05, 3.63) is 48.0 Å². The molecular weight excluding hydrogens is 340 g/mol. The van der Waals surface area contributed by atoms with Gasteiger partial charge in [-0.1, -0.05) is 13.8 Å². The Hall–Kier alpha value is -2.89. The zero-order chi connectivity index (χ0) is 19.0. The summed E-state index contributed by atoms with van der Waals surface area (Å²) in [6, 6.07) is 8.09. The van der Waals surface area contributed by atoms with Crippen molar-refractivity contribution in [3.8, 4) is 11.6 Å². The molecule has 1 aromatic carbocycles. The third-order valence-electron chi connectivity index (χ3n) is 4.97. The Morgan fingerprint density at radius 2 is 2.11 bits per heavy atom. The number of nitrogens with zero attached hydrogens (tertiary/aromatic N) is 4. The van der Waals surface area contributed by atoms with Crippen LogP contribution in [0.25, 0.3) is 10.9 Å². The van der Waals surface area contributed by atoms with E-state index in [-0.39, 0.29) is 5.91 Å². The number of aryl methyl sites for hydroxylation is 1. The summed E-state index contributed by atoms with van der Waals surface area (Å²) in [5.41, 5.74) is 3.04. The zero-order valence-corrected chi connectivity index (χ0v) is 16.0. The molecule has 3 heterocycles. The molecule has 0 saturated carbocycles. The number of carbonyl (C=O) groups is 1. The van der Waals surface area contributed by atoms with E-state index in [1.807, 2.05) is 36.3 Å². The fourth-order valence-electron chi connectivity index (χ4n) is 3.54. The molecular formula is C21H24N4O2. The van der Waals surface area contributed by atoms with Gasteiger partial charge in [-0.05, 0) is 36.6 Å². The van der Waals surface area contributed by atoms with Crippen LogP contribution in [-0.2, 0) is 24.8 Å². The van der Waals surface area contributed by atoms with Gasteiger partial charge < -0.3 is 14.2 Å². The third-order valence-corrected chi connectivity index (χ3v) is 4.97. The van der Waals surface area contributed by atoms with E-state index in [1.54, 1.807) is 0 Å². The average molecular weight is 364 g/mol. The number of hydrogen-bond acceptors (Lipinski definition) is 4. The molecule has 0 atom stereocenters. The van der Waals surface area contributed by atoms with Crippen molar-refractivity contribution in [2.45, 2.75) is 33.2 Å². The number of amides is 1. The first kappa shape index (κ1) is 17.5. The van der Waals surface area contributed by atoms with E-state index in [9.17, 15) is 4.79 Å². The van der Waals surface area contributed by atoms with Crippen LogP contribution in [0, 0.1) is 5.92 Å². The minimum Gasteiger partial charge on any atom is -0.439 e. The number of ether oxygens (including phenoxy) is 1. The Morgan fingerprint density at radius 3 is 2.93 bits per heavy atom. The van der Waals surface area contributed by atoms with Crippen LogP contribution < -0.4 is 4.74 Å². The van der Waals surface area contributed by atoms with Gasteiger partial charge in [0, 0.05) is 42.7 Å². The molecule has 0 aliphatic carbocycles. The Bertz CT molecular complexity index is 993. The fourth-order valence-corrected chi connectivity index (χ4v) is 3.54. The Morgan fingerprint density at radius 1 is 1.26 bits per heavy atom. The second-order valence-corrected chi connectivity index (χ2v) is 7.52. The number of hydrogen-bond donors (Lipinski definition) is 0. The van der Waals surface area contributed by atoms with E-state index in [2.05, 4.69) is 34.4 Å². The van der Waals surface area contributed by atoms with Gasteiger partial charge in [-0.25, -0.2) is 9.97 Å². The number of rotatable bonds is 4. The highest BCUT2D eigenvalue weighted by Crippen LogP contribution is 2.30. The number of aromatic nitrogens is 3. The standard InChI is InChI=1S/C21H24N4O2/c1-14(2)10-20(26)25-9-7-17-18(12-25)22-13-23-21(17)27-16-4-5-19-15(11-16)6-8-24(19)3/h4-6,8,11,13-14H,7,9-10,12H2,1-3H3. The lowest BCUT2D eigenvalue weighted by molar-refractivity contribution is -0.133. The summed E-state index contributed by atoms with van der Waals surface area (Å²) in [6.45, 7) is 5.33. The molecule has 3 aromatic rings. The van der Waals surface area contributed by atoms with Gasteiger partial charge in [0.25, 0.3) is 0 Å². The van der Waals surface area contributed by atoms with Crippen LogP contribution in [0.1, 0.15) is 31.5 Å². The highest BCUT2D eigenvalue weighted by atomic mass is 16.5. The zero-order valence-electron chi connectivity index (χ0n) is 16.0. The molecule has 1 aliphatic rings. The topological polar surface area (TPSA) is 60.3 Å². The molecule has 6 nitrogen and oxygen atoms in total. The van der Waals surface area contributed by atoms with E-state index in [4.69, 9.17) is 4.74 Å². The molecule has 0 radical (unpaired) electrons. The average Bonchev–Trinajstić information content (AvgIpc) is 3.01. The first-order chi connectivity index (χ1) is 13.0. The number of benzene rings is 1. The lowest BCUT2D eigenvalue weighted by Gasteiger charge is -2.29. The Labute approximate surface area is 158 Å². The van der Waals surface area contributed by atoms with Crippen molar-refractivity contribution < 1.29 is 9.53 Å². The first-order valence-corrected chi connectivity index (χ1v) is 9.34. The van der Waals surface area contributed by atoms with E-state index in [1.165, 1.54) is 6.33 Å². The van der Waals surface area contributed by atoms with Gasteiger partial charge in [0.2, 0.25) is 11.8 Å². The summed E-state index contributed by atoms with van der Waals surface area (Å²) in [5, 5.41) is 1.13. The van der Waals surface area contributed by atoms with Crippen molar-refractivity contribution in [1.29, 1.82) is 0 Å². The molecule has 140 valence electrons. The van der Waals surface area contributed by atoms with Crippen LogP contribution in [0.3, 0.4) is 0 Å². The normalized spacial score (nSPS) is 13.9. The van der Waals surface area contributed by atoms with Crippen LogP contribution in [0.15, 0.2) is 36.8 Å². The summed E-state index contributed by atoms with van der Waals surface area (Å²) in [5.74, 6) is 1.89. The minimum absolute atomic E-state index is 0.186. The highest BCUT2D eigenvalue weighted by molar-refractivity contribution is 5.81. The molecule has 1 aliphatic heterocycles. The molecule has 0 unspecified atom stereocenters. The predicted octanol–water partition coefficient (Wildman–Crippen LogP) is 3.69. The summed E-state index contributed by atoms with van der Waals surface area (Å²) >= 11 is 0. The second kappa shape index (κ2) is 7.02. The second-order valence-electron chi connectivity index (χ2n) is 7.52. The lowest BCUT2D eigenvalue weighted by Crippen LogP contribution is -2.37. The van der Waals surface area contributed by atoms with Gasteiger partial charge in [0.15, 0.2) is 0 Å². The van der Waals surface area contributed by atoms with Gasteiger partial charge in [0.05, 0.1) is 12.2 Å². The monoisotopic (exact) mass is 364 g/mol. The molecule has 2 aromatic heterocycles. The molecule has 0 saturated heterocycles. The first-order valence-electron chi connectivity index (χ1n) is 9.34. The summed E-state index contributed by atoms with van der Waals surface area (Å²) in [6.07, 6.45) is 4.83. The van der Waals surface area contributed by atoms with Gasteiger partial charge in [-0.3, -0.25) is 4.79 Å². The summed E-state index contributed by atoms with van der Waals surface area (Å²) in [4.78, 5) is 23.0. The molecule has 0 spiro atoms. The van der Waals surface area contributed by atoms with E-state index >= 15 is 0 Å². The van der Waals surface area contributed by atoms with Crippen molar-refractivity contribution in [2.24, 2.45) is 13.0 Å². The maximum absolute atomic E-state index is 12.4. The molecule has 1 amide bonds. The maximum atomic E-state index is 12.4. The quantitative estimate of drug-likeness (QED) is 0.708. The molecule has 0 N–H and O–H groups in total. The lowest BCUT2D eigenvalue weighted by atomic mass is 10.0. The van der Waals surface area contributed by atoms with Crippen molar-refractivity contribution in [3.63, 3.8) is 0 Å². The van der Waals surface area contributed by atoms with Gasteiger partial charge in [-0.2, -0.15) is 0 Å². The Kier molecular flexibility index (Phi) is 4.56. The number of carbonyl (C=O) groups excluding carboxylic acids is 1. The molecule has 0 fully saturated rings. The molecule has 27 heavy (non-hydrogen) atoms. The minimum atomic E-state index is 0.186. The van der Waals surface area contributed by atoms with Crippen molar-refractivity contribution in [2.75, 3.05) is 6.54 Å².